The summed E-state index contributed by atoms with van der Waals surface area (Å²) in [7, 11) is 0. The largest absolute Gasteiger partial charge is 0.457 e. The van der Waals surface area contributed by atoms with Gasteiger partial charge in [0.25, 0.3) is 5.91 Å². The monoisotopic (exact) mass is 423 g/mol. The molecular weight excluding hydrogens is 414 g/mol. The molecule has 1 aliphatic heterocycles. The van der Waals surface area contributed by atoms with E-state index < -0.39 is 11.7 Å². The molecule has 0 spiro atoms. The van der Waals surface area contributed by atoms with Crippen LogP contribution >= 0.6 is 23.2 Å². The molecule has 8 heteroatoms. The van der Waals surface area contributed by atoms with Crippen molar-refractivity contribution in [1.29, 1.82) is 0 Å². The molecule has 2 aromatic carbocycles. The SMILES string of the molecule is O=C1Nc2ccccc2/C1=C/c1ccc(-c2c(Cl)cc(C(F)(F)F)cc2Cl)o1. The summed E-state index contributed by atoms with van der Waals surface area (Å²) in [6.07, 6.45) is -3.01. The van der Waals surface area contributed by atoms with Crippen LogP contribution in [-0.2, 0) is 11.0 Å². The fourth-order valence-electron chi connectivity index (χ4n) is 2.96. The number of para-hydroxylation sites is 1. The van der Waals surface area contributed by atoms with Crippen LogP contribution in [0.1, 0.15) is 16.9 Å². The number of alkyl halides is 3. The Bertz CT molecular complexity index is 1110. The number of carbonyl (C=O) groups is 1. The van der Waals surface area contributed by atoms with Gasteiger partial charge >= 0.3 is 6.18 Å². The summed E-state index contributed by atoms with van der Waals surface area (Å²) in [6.45, 7) is 0. The Morgan fingerprint density at radius 2 is 1.68 bits per heavy atom. The minimum atomic E-state index is -4.56. The number of carbonyl (C=O) groups excluding carboxylic acids is 1. The molecule has 0 radical (unpaired) electrons. The van der Waals surface area contributed by atoms with Crippen molar-refractivity contribution in [3.63, 3.8) is 0 Å². The number of anilines is 1. The van der Waals surface area contributed by atoms with Gasteiger partial charge in [-0.05, 0) is 36.4 Å². The van der Waals surface area contributed by atoms with Gasteiger partial charge in [-0.3, -0.25) is 4.79 Å². The zero-order chi connectivity index (χ0) is 20.1. The van der Waals surface area contributed by atoms with Gasteiger partial charge < -0.3 is 9.73 Å². The van der Waals surface area contributed by atoms with Gasteiger partial charge in [0, 0.05) is 11.3 Å². The Labute approximate surface area is 167 Å². The number of furan rings is 1. The van der Waals surface area contributed by atoms with E-state index in [0.717, 1.165) is 17.7 Å². The van der Waals surface area contributed by atoms with E-state index >= 15 is 0 Å². The Kier molecular flexibility index (Phi) is 4.48. The van der Waals surface area contributed by atoms with Crippen LogP contribution in [0.5, 0.6) is 0 Å². The van der Waals surface area contributed by atoms with Crippen LogP contribution in [0.3, 0.4) is 0 Å². The lowest BCUT2D eigenvalue weighted by molar-refractivity contribution is -0.137. The molecule has 0 unspecified atom stereocenters. The molecule has 1 N–H and O–H groups in total. The fraction of sp³-hybridized carbons (Fsp3) is 0.0500. The third kappa shape index (κ3) is 3.30. The summed E-state index contributed by atoms with van der Waals surface area (Å²) in [5.74, 6) is 0.260. The average Bonchev–Trinajstić information content (AvgIpc) is 3.19. The second-order valence-electron chi connectivity index (χ2n) is 6.07. The zero-order valence-electron chi connectivity index (χ0n) is 13.9. The molecule has 2 heterocycles. The van der Waals surface area contributed by atoms with E-state index in [9.17, 15) is 18.0 Å². The fourth-order valence-corrected chi connectivity index (χ4v) is 3.63. The highest BCUT2D eigenvalue weighted by Gasteiger charge is 2.32. The van der Waals surface area contributed by atoms with Gasteiger partial charge in [0.2, 0.25) is 0 Å². The van der Waals surface area contributed by atoms with Crippen LogP contribution in [-0.4, -0.2) is 5.91 Å². The summed E-state index contributed by atoms with van der Waals surface area (Å²) in [4.78, 5) is 12.2. The summed E-state index contributed by atoms with van der Waals surface area (Å²) >= 11 is 12.0. The van der Waals surface area contributed by atoms with Crippen LogP contribution < -0.4 is 5.32 Å². The molecular formula is C20H10Cl2F3NO2. The maximum atomic E-state index is 12.9. The van der Waals surface area contributed by atoms with Gasteiger partial charge in [0.1, 0.15) is 11.5 Å². The average molecular weight is 424 g/mol. The van der Waals surface area contributed by atoms with Gasteiger partial charge in [-0.15, -0.1) is 0 Å². The molecule has 1 aromatic heterocycles. The second-order valence-corrected chi connectivity index (χ2v) is 6.89. The number of rotatable bonds is 2. The highest BCUT2D eigenvalue weighted by molar-refractivity contribution is 6.39. The lowest BCUT2D eigenvalue weighted by Crippen LogP contribution is -2.05. The number of fused-ring (bicyclic) bond motifs is 1. The molecule has 142 valence electrons. The normalized spacial score (nSPS) is 15.0. The van der Waals surface area contributed by atoms with Crippen molar-refractivity contribution in [2.75, 3.05) is 5.32 Å². The molecule has 1 amide bonds. The van der Waals surface area contributed by atoms with Crippen LogP contribution in [0.15, 0.2) is 52.9 Å². The van der Waals surface area contributed by atoms with Crippen LogP contribution in [0.4, 0.5) is 18.9 Å². The second kappa shape index (κ2) is 6.72. The lowest BCUT2D eigenvalue weighted by atomic mass is 10.1. The van der Waals surface area contributed by atoms with Gasteiger partial charge in [-0.25, -0.2) is 0 Å². The molecule has 3 nitrogen and oxygen atoms in total. The summed E-state index contributed by atoms with van der Waals surface area (Å²) < 4.78 is 44.3. The summed E-state index contributed by atoms with van der Waals surface area (Å²) in [5, 5.41) is 2.38. The van der Waals surface area contributed by atoms with Gasteiger partial charge in [0.05, 0.1) is 26.7 Å². The highest BCUT2D eigenvalue weighted by atomic mass is 35.5. The number of nitrogens with one attached hydrogen (secondary N) is 1. The first kappa shape index (κ1) is 18.7. The van der Waals surface area contributed by atoms with Crippen LogP contribution in [0, 0.1) is 0 Å². The molecule has 0 saturated heterocycles. The van der Waals surface area contributed by atoms with E-state index in [1.807, 2.05) is 12.1 Å². The number of amides is 1. The Balaban J connectivity index is 1.73. The van der Waals surface area contributed by atoms with Crippen molar-refractivity contribution in [2.24, 2.45) is 0 Å². The Morgan fingerprint density at radius 1 is 1.00 bits per heavy atom. The van der Waals surface area contributed by atoms with Crippen molar-refractivity contribution < 1.29 is 22.4 Å². The lowest BCUT2D eigenvalue weighted by Gasteiger charge is -2.10. The molecule has 0 fully saturated rings. The third-order valence-corrected chi connectivity index (χ3v) is 4.84. The van der Waals surface area contributed by atoms with Gasteiger partial charge in [-0.1, -0.05) is 41.4 Å². The van der Waals surface area contributed by atoms with Gasteiger partial charge in [0.15, 0.2) is 0 Å². The Hall–Kier alpha value is -2.70. The van der Waals surface area contributed by atoms with Crippen molar-refractivity contribution in [3.8, 4) is 11.3 Å². The molecule has 0 saturated carbocycles. The highest BCUT2D eigenvalue weighted by Crippen LogP contribution is 2.41. The van der Waals surface area contributed by atoms with Crippen LogP contribution in [0.25, 0.3) is 23.0 Å². The molecule has 1 aliphatic rings. The smallest absolute Gasteiger partial charge is 0.416 e. The van der Waals surface area contributed by atoms with Crippen molar-refractivity contribution in [3.05, 3.63) is 75.5 Å². The van der Waals surface area contributed by atoms with Crippen LogP contribution in [0.2, 0.25) is 10.0 Å². The molecule has 0 aliphatic carbocycles. The van der Waals surface area contributed by atoms with E-state index in [4.69, 9.17) is 27.6 Å². The first-order valence-electron chi connectivity index (χ1n) is 8.03. The minimum Gasteiger partial charge on any atom is -0.457 e. The van der Waals surface area contributed by atoms with Crippen molar-refractivity contribution >= 4 is 46.4 Å². The first-order valence-corrected chi connectivity index (χ1v) is 8.78. The van der Waals surface area contributed by atoms with Crippen molar-refractivity contribution in [2.45, 2.75) is 6.18 Å². The zero-order valence-corrected chi connectivity index (χ0v) is 15.4. The molecule has 4 rings (SSSR count). The standard InChI is InChI=1S/C20H10Cl2F3NO2/c21-14-7-10(20(23,24)25)8-15(22)18(14)17-6-5-11(28-17)9-13-12-3-1-2-4-16(12)26-19(13)27/h1-9H,(H,26,27)/b13-9-. The molecule has 3 aromatic rings. The maximum Gasteiger partial charge on any atom is 0.416 e. The van der Waals surface area contributed by atoms with E-state index in [2.05, 4.69) is 5.32 Å². The molecule has 0 bridgehead atoms. The maximum absolute atomic E-state index is 12.9. The summed E-state index contributed by atoms with van der Waals surface area (Å²) in [5.41, 5.74) is 1.05. The van der Waals surface area contributed by atoms with Crippen molar-refractivity contribution in [1.82, 2.24) is 0 Å². The minimum absolute atomic E-state index is 0.150. The van der Waals surface area contributed by atoms with E-state index in [1.54, 1.807) is 24.3 Å². The molecule has 0 atom stereocenters. The Morgan fingerprint density at radius 3 is 2.36 bits per heavy atom. The quantitative estimate of drug-likeness (QED) is 0.462. The summed E-state index contributed by atoms with van der Waals surface area (Å²) in [6, 6.07) is 11.9. The molecule has 28 heavy (non-hydrogen) atoms. The topological polar surface area (TPSA) is 42.2 Å². The van der Waals surface area contributed by atoms with E-state index in [1.165, 1.54) is 6.07 Å². The number of halogens is 5. The van der Waals surface area contributed by atoms with E-state index in [0.29, 0.717) is 17.0 Å². The number of benzene rings is 2. The third-order valence-electron chi connectivity index (χ3n) is 4.24. The first-order chi connectivity index (χ1) is 13.2. The van der Waals surface area contributed by atoms with Gasteiger partial charge in [-0.2, -0.15) is 13.2 Å². The number of hydrogen-bond acceptors (Lipinski definition) is 2. The number of hydrogen-bond donors (Lipinski definition) is 1. The predicted molar refractivity (Wildman–Crippen MR) is 102 cm³/mol. The van der Waals surface area contributed by atoms with E-state index in [-0.39, 0.29) is 27.3 Å². The predicted octanol–water partition coefficient (Wildman–Crippen LogP) is 6.76.